The summed E-state index contributed by atoms with van der Waals surface area (Å²) in [6.07, 6.45) is 1.85. The van der Waals surface area contributed by atoms with Gasteiger partial charge >= 0.3 is 0 Å². The molecule has 0 saturated heterocycles. The van der Waals surface area contributed by atoms with Crippen molar-refractivity contribution < 1.29 is 33.5 Å². The zero-order valence-corrected chi connectivity index (χ0v) is 27.9. The molecule has 0 bridgehead atoms. The highest BCUT2D eigenvalue weighted by Gasteiger charge is 2.15. The van der Waals surface area contributed by atoms with Gasteiger partial charge in [0.25, 0.3) is 0 Å². The van der Waals surface area contributed by atoms with Gasteiger partial charge in [-0.05, 0) is 71.9 Å². The Morgan fingerprint density at radius 3 is 1.40 bits per heavy atom. The second kappa shape index (κ2) is 22.6. The molecule has 7 nitrogen and oxygen atoms in total. The largest absolute Gasteiger partial charge is 0.496 e. The Bertz CT molecular complexity index is 889. The summed E-state index contributed by atoms with van der Waals surface area (Å²) in [5, 5.41) is 9.47. The molecule has 1 N–H and O–H groups in total. The SMILES string of the molecule is COCCOCc1cc(C[C@@H](CCl)C(C)C)ccc1OC.COCCOCc1cc(C[C@@H](CO)C(C)C)ccc1OC. The van der Waals surface area contributed by atoms with E-state index in [0.29, 0.717) is 63.3 Å². The van der Waals surface area contributed by atoms with Gasteiger partial charge in [-0.15, -0.1) is 11.6 Å². The van der Waals surface area contributed by atoms with E-state index in [1.165, 1.54) is 11.1 Å². The van der Waals surface area contributed by atoms with E-state index in [1.54, 1.807) is 28.4 Å². The molecule has 0 spiro atoms. The lowest BCUT2D eigenvalue weighted by molar-refractivity contribution is 0.0607. The van der Waals surface area contributed by atoms with Crippen molar-refractivity contribution in [3.8, 4) is 11.5 Å². The molecule has 0 aliphatic heterocycles. The van der Waals surface area contributed by atoms with Gasteiger partial charge < -0.3 is 33.5 Å². The fourth-order valence-corrected chi connectivity index (χ4v) is 4.84. The third kappa shape index (κ3) is 14.5. The van der Waals surface area contributed by atoms with Gasteiger partial charge in [-0.1, -0.05) is 39.8 Å². The standard InChI is InChI=1S/C17H27ClO3.C17H28O4/c2*1-13(2)15(11-18)9-14-5-6-17(20-4)16(10-14)12-21-8-7-19-3/h5-6,10,13,15H,7-9,11-12H2,1-4H3;5-6,10,13,15,18H,7-9,11-12H2,1-4H3/t2*15-/m00/s1. The molecule has 240 valence electrons. The van der Waals surface area contributed by atoms with E-state index < -0.39 is 0 Å². The summed E-state index contributed by atoms with van der Waals surface area (Å²) >= 11 is 6.07. The zero-order chi connectivity index (χ0) is 31.3. The molecule has 0 fully saturated rings. The summed E-state index contributed by atoms with van der Waals surface area (Å²) in [4.78, 5) is 0. The molecule has 0 radical (unpaired) electrons. The molecule has 0 unspecified atom stereocenters. The Hall–Kier alpha value is -1.87. The molecule has 0 heterocycles. The zero-order valence-electron chi connectivity index (χ0n) is 27.1. The van der Waals surface area contributed by atoms with Crippen LogP contribution in [0.4, 0.5) is 0 Å². The number of ether oxygens (including phenoxy) is 6. The Kier molecular flexibility index (Phi) is 20.6. The average molecular weight is 611 g/mol. The molecular formula is C34H55ClO7. The van der Waals surface area contributed by atoms with Crippen molar-refractivity contribution >= 4 is 11.6 Å². The van der Waals surface area contributed by atoms with Crippen molar-refractivity contribution in [2.75, 3.05) is 67.4 Å². The topological polar surface area (TPSA) is 75.6 Å². The fourth-order valence-electron chi connectivity index (χ4n) is 4.38. The lowest BCUT2D eigenvalue weighted by Crippen LogP contribution is -2.16. The number of hydrogen-bond acceptors (Lipinski definition) is 7. The highest BCUT2D eigenvalue weighted by molar-refractivity contribution is 6.18. The monoisotopic (exact) mass is 610 g/mol. The number of halogens is 1. The van der Waals surface area contributed by atoms with Crippen LogP contribution in [0.1, 0.15) is 49.9 Å². The molecular weight excluding hydrogens is 556 g/mol. The summed E-state index contributed by atoms with van der Waals surface area (Å²) < 4.78 is 31.9. The van der Waals surface area contributed by atoms with Crippen molar-refractivity contribution in [3.05, 3.63) is 58.7 Å². The van der Waals surface area contributed by atoms with Gasteiger partial charge in [-0.25, -0.2) is 0 Å². The van der Waals surface area contributed by atoms with Gasteiger partial charge in [-0.3, -0.25) is 0 Å². The van der Waals surface area contributed by atoms with E-state index in [-0.39, 0.29) is 12.5 Å². The van der Waals surface area contributed by atoms with Gasteiger partial charge in [0.15, 0.2) is 0 Å². The number of alkyl halides is 1. The van der Waals surface area contributed by atoms with Crippen LogP contribution < -0.4 is 9.47 Å². The molecule has 2 aromatic carbocycles. The summed E-state index contributed by atoms with van der Waals surface area (Å²) in [6.45, 7) is 12.3. The fraction of sp³-hybridized carbons (Fsp3) is 0.647. The van der Waals surface area contributed by atoms with Crippen LogP contribution in [0, 0.1) is 23.7 Å². The molecule has 0 aliphatic rings. The Labute approximate surface area is 259 Å². The quantitative estimate of drug-likeness (QED) is 0.134. The summed E-state index contributed by atoms with van der Waals surface area (Å²) in [5.74, 6) is 4.18. The first-order chi connectivity index (χ1) is 20.2. The minimum atomic E-state index is 0.212. The second-order valence-electron chi connectivity index (χ2n) is 11.1. The van der Waals surface area contributed by atoms with Crippen molar-refractivity contribution in [2.24, 2.45) is 23.7 Å². The third-order valence-corrected chi connectivity index (χ3v) is 7.78. The Morgan fingerprint density at radius 2 is 1.07 bits per heavy atom. The average Bonchev–Trinajstić information content (AvgIpc) is 2.99. The predicted octanol–water partition coefficient (Wildman–Crippen LogP) is 6.58. The highest BCUT2D eigenvalue weighted by atomic mass is 35.5. The molecule has 2 aromatic rings. The Morgan fingerprint density at radius 1 is 0.643 bits per heavy atom. The van der Waals surface area contributed by atoms with E-state index in [1.807, 2.05) is 12.1 Å². The first kappa shape index (κ1) is 38.2. The second-order valence-corrected chi connectivity index (χ2v) is 11.4. The van der Waals surface area contributed by atoms with Crippen molar-refractivity contribution in [3.63, 3.8) is 0 Å². The van der Waals surface area contributed by atoms with Crippen LogP contribution in [0.3, 0.4) is 0 Å². The number of rotatable bonds is 20. The molecule has 2 rings (SSSR count). The maximum Gasteiger partial charge on any atom is 0.124 e. The molecule has 2 atom stereocenters. The van der Waals surface area contributed by atoms with Crippen LogP contribution in [0.5, 0.6) is 11.5 Å². The van der Waals surface area contributed by atoms with Gasteiger partial charge in [-0.2, -0.15) is 0 Å². The van der Waals surface area contributed by atoms with Crippen LogP contribution in [0.15, 0.2) is 36.4 Å². The Balaban J connectivity index is 0.000000420. The van der Waals surface area contributed by atoms with E-state index in [2.05, 4.69) is 52.0 Å². The minimum absolute atomic E-state index is 0.212. The van der Waals surface area contributed by atoms with Crippen LogP contribution in [0.25, 0.3) is 0 Å². The van der Waals surface area contributed by atoms with E-state index >= 15 is 0 Å². The number of methoxy groups -OCH3 is 4. The van der Waals surface area contributed by atoms with Crippen LogP contribution >= 0.6 is 11.6 Å². The normalized spacial score (nSPS) is 12.7. The number of benzene rings is 2. The summed E-state index contributed by atoms with van der Waals surface area (Å²) in [7, 11) is 6.68. The molecule has 8 heteroatoms. The first-order valence-electron chi connectivity index (χ1n) is 14.9. The van der Waals surface area contributed by atoms with E-state index in [4.69, 9.17) is 40.0 Å². The molecule has 0 aromatic heterocycles. The smallest absolute Gasteiger partial charge is 0.124 e. The maximum absolute atomic E-state index is 9.47. The minimum Gasteiger partial charge on any atom is -0.496 e. The lowest BCUT2D eigenvalue weighted by Gasteiger charge is -2.19. The summed E-state index contributed by atoms with van der Waals surface area (Å²) in [6, 6.07) is 12.4. The predicted molar refractivity (Wildman–Crippen MR) is 171 cm³/mol. The molecule has 0 aliphatic carbocycles. The van der Waals surface area contributed by atoms with Crippen LogP contribution in [-0.4, -0.2) is 72.5 Å². The number of hydrogen-bond donors (Lipinski definition) is 1. The van der Waals surface area contributed by atoms with E-state index in [9.17, 15) is 5.11 Å². The summed E-state index contributed by atoms with van der Waals surface area (Å²) in [5.41, 5.74) is 4.59. The number of aliphatic hydroxyl groups excluding tert-OH is 1. The van der Waals surface area contributed by atoms with E-state index in [0.717, 1.165) is 35.5 Å². The van der Waals surface area contributed by atoms with Crippen molar-refractivity contribution in [1.82, 2.24) is 0 Å². The maximum atomic E-state index is 9.47. The highest BCUT2D eigenvalue weighted by Crippen LogP contribution is 2.26. The van der Waals surface area contributed by atoms with Gasteiger partial charge in [0.2, 0.25) is 0 Å². The van der Waals surface area contributed by atoms with Gasteiger partial charge in [0, 0.05) is 37.8 Å². The first-order valence-corrected chi connectivity index (χ1v) is 15.4. The van der Waals surface area contributed by atoms with Crippen LogP contribution in [-0.2, 0) is 45.0 Å². The van der Waals surface area contributed by atoms with Crippen LogP contribution in [0.2, 0.25) is 0 Å². The van der Waals surface area contributed by atoms with Crippen molar-refractivity contribution in [1.29, 1.82) is 0 Å². The lowest BCUT2D eigenvalue weighted by atomic mass is 9.89. The molecule has 0 amide bonds. The van der Waals surface area contributed by atoms with Gasteiger partial charge in [0.05, 0.1) is 53.9 Å². The van der Waals surface area contributed by atoms with Gasteiger partial charge in [0.1, 0.15) is 11.5 Å². The van der Waals surface area contributed by atoms with Crippen molar-refractivity contribution in [2.45, 2.75) is 53.8 Å². The third-order valence-electron chi connectivity index (χ3n) is 7.38. The molecule has 0 saturated carbocycles. The molecule has 42 heavy (non-hydrogen) atoms. The number of aliphatic hydroxyl groups is 1.